The number of nitrogens with zero attached hydrogens (tertiary/aromatic N) is 4. The minimum absolute atomic E-state index is 0.0285. The fraction of sp³-hybridized carbons (Fsp3) is 0.375. The van der Waals surface area contributed by atoms with Crippen molar-refractivity contribution in [2.45, 2.75) is 23.9 Å². The van der Waals surface area contributed by atoms with Crippen LogP contribution in [0.4, 0.5) is 0 Å². The number of aromatic nitrogens is 3. The molecule has 0 aromatic carbocycles. The van der Waals surface area contributed by atoms with Crippen LogP contribution in [0.15, 0.2) is 42.1 Å². The lowest BCUT2D eigenvalue weighted by atomic mass is 9.90. The molecule has 1 aliphatic rings. The van der Waals surface area contributed by atoms with E-state index in [1.54, 1.807) is 12.4 Å². The summed E-state index contributed by atoms with van der Waals surface area (Å²) in [5.41, 5.74) is 1.88. The van der Waals surface area contributed by atoms with Crippen LogP contribution in [0.2, 0.25) is 0 Å². The number of carbonyl (C=O) groups excluding carboxylic acids is 1. The van der Waals surface area contributed by atoms with Gasteiger partial charge in [-0.05, 0) is 42.7 Å². The standard InChI is InChI=1S/C16H18N4OS/c1-22-16-18-10-14(11-19-16)15(21)20-8-4-13(5-9-20)12-2-6-17-7-3-12/h2-3,6-7,10-11,13H,4-5,8-9H2,1H3. The van der Waals surface area contributed by atoms with E-state index in [1.807, 2.05) is 23.5 Å². The van der Waals surface area contributed by atoms with Crippen molar-refractivity contribution in [1.82, 2.24) is 19.9 Å². The molecule has 3 rings (SSSR count). The van der Waals surface area contributed by atoms with Crippen LogP contribution in [0.25, 0.3) is 0 Å². The summed E-state index contributed by atoms with van der Waals surface area (Å²) in [5.74, 6) is 0.544. The Morgan fingerprint density at radius 1 is 1.18 bits per heavy atom. The van der Waals surface area contributed by atoms with E-state index in [1.165, 1.54) is 17.3 Å². The van der Waals surface area contributed by atoms with Crippen molar-refractivity contribution in [2.75, 3.05) is 19.3 Å². The first kappa shape index (κ1) is 15.0. The van der Waals surface area contributed by atoms with Crippen molar-refractivity contribution in [2.24, 2.45) is 0 Å². The highest BCUT2D eigenvalue weighted by atomic mass is 32.2. The summed E-state index contributed by atoms with van der Waals surface area (Å²) in [6.07, 6.45) is 10.8. The Bertz CT molecular complexity index is 624. The number of amides is 1. The van der Waals surface area contributed by atoms with E-state index in [0.29, 0.717) is 16.6 Å². The fourth-order valence-corrected chi connectivity index (χ4v) is 3.08. The van der Waals surface area contributed by atoms with Gasteiger partial charge < -0.3 is 4.90 Å². The average Bonchev–Trinajstić information content (AvgIpc) is 2.62. The highest BCUT2D eigenvalue weighted by Crippen LogP contribution is 2.28. The Labute approximate surface area is 134 Å². The Morgan fingerprint density at radius 2 is 1.82 bits per heavy atom. The Balaban J connectivity index is 1.62. The van der Waals surface area contributed by atoms with E-state index < -0.39 is 0 Å². The quantitative estimate of drug-likeness (QED) is 0.644. The highest BCUT2D eigenvalue weighted by Gasteiger charge is 2.24. The van der Waals surface area contributed by atoms with Crippen LogP contribution in [-0.2, 0) is 0 Å². The number of rotatable bonds is 3. The van der Waals surface area contributed by atoms with Gasteiger partial charge in [-0.15, -0.1) is 0 Å². The van der Waals surface area contributed by atoms with E-state index in [-0.39, 0.29) is 5.91 Å². The molecule has 3 heterocycles. The molecule has 0 aliphatic carbocycles. The average molecular weight is 314 g/mol. The van der Waals surface area contributed by atoms with Gasteiger partial charge in [0, 0.05) is 37.9 Å². The molecule has 5 nitrogen and oxygen atoms in total. The SMILES string of the molecule is CSc1ncc(C(=O)N2CCC(c3ccncc3)CC2)cn1. The fourth-order valence-electron chi connectivity index (χ4n) is 2.77. The molecule has 0 radical (unpaired) electrons. The van der Waals surface area contributed by atoms with Crippen molar-refractivity contribution in [3.8, 4) is 0 Å². The van der Waals surface area contributed by atoms with Gasteiger partial charge in [-0.25, -0.2) is 9.97 Å². The molecule has 1 saturated heterocycles. The van der Waals surface area contributed by atoms with E-state index in [2.05, 4.69) is 27.1 Å². The largest absolute Gasteiger partial charge is 0.339 e. The van der Waals surface area contributed by atoms with Crippen LogP contribution >= 0.6 is 11.8 Å². The number of pyridine rings is 1. The van der Waals surface area contributed by atoms with E-state index in [4.69, 9.17) is 0 Å². The summed E-state index contributed by atoms with van der Waals surface area (Å²) < 4.78 is 0. The molecule has 0 bridgehead atoms. The van der Waals surface area contributed by atoms with Crippen molar-refractivity contribution in [3.63, 3.8) is 0 Å². The number of thioether (sulfide) groups is 1. The summed E-state index contributed by atoms with van der Waals surface area (Å²) >= 11 is 1.47. The van der Waals surface area contributed by atoms with Gasteiger partial charge in [0.05, 0.1) is 5.56 Å². The molecule has 0 N–H and O–H groups in total. The Morgan fingerprint density at radius 3 is 2.41 bits per heavy atom. The second-order valence-electron chi connectivity index (χ2n) is 5.31. The van der Waals surface area contributed by atoms with E-state index >= 15 is 0 Å². The zero-order valence-electron chi connectivity index (χ0n) is 12.5. The van der Waals surface area contributed by atoms with Gasteiger partial charge in [-0.1, -0.05) is 11.8 Å². The normalized spacial score (nSPS) is 15.8. The van der Waals surface area contributed by atoms with Crippen LogP contribution < -0.4 is 0 Å². The smallest absolute Gasteiger partial charge is 0.256 e. The molecule has 1 fully saturated rings. The number of hydrogen-bond donors (Lipinski definition) is 0. The first-order valence-electron chi connectivity index (χ1n) is 7.33. The lowest BCUT2D eigenvalue weighted by Crippen LogP contribution is -2.38. The summed E-state index contributed by atoms with van der Waals surface area (Å²) in [6, 6.07) is 4.13. The van der Waals surface area contributed by atoms with Gasteiger partial charge in [0.2, 0.25) is 0 Å². The lowest BCUT2D eigenvalue weighted by molar-refractivity contribution is 0.0712. The first-order chi connectivity index (χ1) is 10.8. The van der Waals surface area contributed by atoms with E-state index in [0.717, 1.165) is 25.9 Å². The molecular formula is C16H18N4OS. The molecule has 2 aromatic rings. The minimum atomic E-state index is 0.0285. The molecule has 2 aromatic heterocycles. The van der Waals surface area contributed by atoms with Gasteiger partial charge in [-0.2, -0.15) is 0 Å². The van der Waals surface area contributed by atoms with Gasteiger partial charge >= 0.3 is 0 Å². The molecule has 0 saturated carbocycles. The maximum Gasteiger partial charge on any atom is 0.256 e. The number of hydrogen-bond acceptors (Lipinski definition) is 5. The maximum absolute atomic E-state index is 12.5. The summed E-state index contributed by atoms with van der Waals surface area (Å²) in [4.78, 5) is 26.8. The van der Waals surface area contributed by atoms with Crippen LogP contribution in [0, 0.1) is 0 Å². The molecular weight excluding hydrogens is 296 g/mol. The molecule has 1 aliphatic heterocycles. The summed E-state index contributed by atoms with van der Waals surface area (Å²) in [5, 5.41) is 0.688. The Hall–Kier alpha value is -1.95. The molecule has 22 heavy (non-hydrogen) atoms. The third-order valence-corrected chi connectivity index (χ3v) is 4.59. The third kappa shape index (κ3) is 3.27. The van der Waals surface area contributed by atoms with Crippen molar-refractivity contribution in [3.05, 3.63) is 48.0 Å². The van der Waals surface area contributed by atoms with Gasteiger partial charge in [0.25, 0.3) is 5.91 Å². The first-order valence-corrected chi connectivity index (χ1v) is 8.55. The Kier molecular flexibility index (Phi) is 4.68. The second kappa shape index (κ2) is 6.87. The van der Waals surface area contributed by atoms with Gasteiger partial charge in [0.1, 0.15) is 0 Å². The molecule has 6 heteroatoms. The van der Waals surface area contributed by atoms with Crippen LogP contribution in [0.5, 0.6) is 0 Å². The van der Waals surface area contributed by atoms with Crippen molar-refractivity contribution < 1.29 is 4.79 Å². The summed E-state index contributed by atoms with van der Waals surface area (Å²) in [6.45, 7) is 1.55. The summed E-state index contributed by atoms with van der Waals surface area (Å²) in [7, 11) is 0. The molecule has 1 amide bonds. The number of likely N-dealkylation sites (tertiary alicyclic amines) is 1. The maximum atomic E-state index is 12.5. The van der Waals surface area contributed by atoms with Crippen molar-refractivity contribution >= 4 is 17.7 Å². The zero-order chi connectivity index (χ0) is 15.4. The molecule has 114 valence electrons. The number of carbonyl (C=O) groups is 1. The predicted molar refractivity (Wildman–Crippen MR) is 85.9 cm³/mol. The van der Waals surface area contributed by atoms with Crippen LogP contribution in [0.1, 0.15) is 34.7 Å². The van der Waals surface area contributed by atoms with E-state index in [9.17, 15) is 4.79 Å². The monoisotopic (exact) mass is 314 g/mol. The van der Waals surface area contributed by atoms with Crippen LogP contribution in [0.3, 0.4) is 0 Å². The predicted octanol–water partition coefficient (Wildman–Crippen LogP) is 2.61. The molecule has 0 atom stereocenters. The lowest BCUT2D eigenvalue weighted by Gasteiger charge is -2.32. The number of piperidine rings is 1. The van der Waals surface area contributed by atoms with Gasteiger partial charge in [-0.3, -0.25) is 9.78 Å². The molecule has 0 spiro atoms. The van der Waals surface area contributed by atoms with Gasteiger partial charge in [0.15, 0.2) is 5.16 Å². The zero-order valence-corrected chi connectivity index (χ0v) is 13.3. The second-order valence-corrected chi connectivity index (χ2v) is 6.08. The van der Waals surface area contributed by atoms with Crippen LogP contribution in [-0.4, -0.2) is 45.1 Å². The topological polar surface area (TPSA) is 59.0 Å². The van der Waals surface area contributed by atoms with Crippen molar-refractivity contribution in [1.29, 1.82) is 0 Å². The minimum Gasteiger partial charge on any atom is -0.339 e. The molecule has 0 unspecified atom stereocenters. The highest BCUT2D eigenvalue weighted by molar-refractivity contribution is 7.98. The third-order valence-electron chi connectivity index (χ3n) is 4.02.